The van der Waals surface area contributed by atoms with Crippen LogP contribution in [0.3, 0.4) is 0 Å². The van der Waals surface area contributed by atoms with Gasteiger partial charge in [0.05, 0.1) is 22.3 Å². The summed E-state index contributed by atoms with van der Waals surface area (Å²) in [6, 6.07) is 17.7. The highest BCUT2D eigenvalue weighted by molar-refractivity contribution is 7.80. The average Bonchev–Trinajstić information content (AvgIpc) is 3.97. The van der Waals surface area contributed by atoms with E-state index < -0.39 is 55.7 Å². The van der Waals surface area contributed by atoms with Crippen LogP contribution in [0.4, 0.5) is 0 Å². The molecule has 57 heavy (non-hydrogen) atoms. The number of hydrogen-bond acceptors (Lipinski definition) is 20. The first-order valence-corrected chi connectivity index (χ1v) is 18.3. The van der Waals surface area contributed by atoms with Gasteiger partial charge < -0.3 is 36.6 Å². The van der Waals surface area contributed by atoms with Crippen molar-refractivity contribution in [3.63, 3.8) is 0 Å². The number of thiol groups is 4. The van der Waals surface area contributed by atoms with Gasteiger partial charge in [-0.3, -0.25) is 0 Å². The summed E-state index contributed by atoms with van der Waals surface area (Å²) in [6.45, 7) is -2.37. The van der Waals surface area contributed by atoms with Crippen molar-refractivity contribution >= 4 is 119 Å². The summed E-state index contributed by atoms with van der Waals surface area (Å²) in [5, 5.41) is 0.372. The minimum atomic E-state index is -1.71. The molecule has 0 unspecified atom stereocenters. The Labute approximate surface area is 340 Å². The minimum absolute atomic E-state index is 0.0728. The lowest BCUT2D eigenvalue weighted by Gasteiger charge is -2.31. The first kappa shape index (κ1) is 37.9. The summed E-state index contributed by atoms with van der Waals surface area (Å²) >= 11 is 16.4. The number of aromatic nitrogens is 4. The lowest BCUT2D eigenvalue weighted by atomic mass is 9.92. The number of benzene rings is 4. The molecule has 4 heterocycles. The maximum absolute atomic E-state index is 13.5. The van der Waals surface area contributed by atoms with Crippen molar-refractivity contribution in [1.29, 1.82) is 0 Å². The van der Waals surface area contributed by atoms with Crippen molar-refractivity contribution < 1.29 is 55.8 Å². The van der Waals surface area contributed by atoms with Gasteiger partial charge in [0.15, 0.2) is 22.3 Å². The maximum Gasteiger partial charge on any atom is 0.338 e. The van der Waals surface area contributed by atoms with Crippen molar-refractivity contribution in [3.8, 4) is 0 Å². The van der Waals surface area contributed by atoms with Gasteiger partial charge in [0.2, 0.25) is 0 Å². The molecule has 288 valence electrons. The standard InChI is InChI=1S/C37H24N4O12S4/c42-29(17-1-5-21-25(9-17)50-33(54)38-21)46-13-37(14-47-30(43)18-2-6-22-26(10-18)51-34(55)39-22,15-48-31(44)19-3-7-23-27(11-19)52-35(56)40-23)16-49-32(45)20-4-8-24-28(12-20)53-36(57)41-24/h1-12H,13-16H2,(H,38,54)(H,39,55)(H,40,56)(H,41,57). The van der Waals surface area contributed by atoms with Crippen LogP contribution in [0.25, 0.3) is 44.4 Å². The Bertz CT molecular complexity index is 2490. The molecule has 8 rings (SSSR count). The van der Waals surface area contributed by atoms with Gasteiger partial charge in [-0.25, -0.2) is 39.1 Å². The third-order valence-corrected chi connectivity index (χ3v) is 9.25. The molecular formula is C37H24N4O12S4. The summed E-state index contributed by atoms with van der Waals surface area (Å²) in [7, 11) is 0. The fourth-order valence-corrected chi connectivity index (χ4v) is 6.44. The van der Waals surface area contributed by atoms with Crippen LogP contribution in [0.2, 0.25) is 0 Å². The molecule has 0 radical (unpaired) electrons. The van der Waals surface area contributed by atoms with E-state index in [0.29, 0.717) is 22.1 Å². The number of oxazole rings is 4. The van der Waals surface area contributed by atoms with Crippen LogP contribution < -0.4 is 0 Å². The molecule has 0 aliphatic carbocycles. The normalized spacial score (nSPS) is 11.7. The Hall–Kier alpha value is -5.96. The Kier molecular flexibility index (Phi) is 10.3. The van der Waals surface area contributed by atoms with Crippen LogP contribution >= 0.6 is 50.5 Å². The number of rotatable bonds is 12. The van der Waals surface area contributed by atoms with E-state index in [1.807, 2.05) is 0 Å². The molecule has 0 saturated carbocycles. The van der Waals surface area contributed by atoms with E-state index in [4.69, 9.17) is 36.6 Å². The van der Waals surface area contributed by atoms with Crippen molar-refractivity contribution in [2.45, 2.75) is 20.9 Å². The summed E-state index contributed by atoms with van der Waals surface area (Å²) in [4.78, 5) is 70.5. The first-order valence-electron chi connectivity index (χ1n) is 16.5. The largest absolute Gasteiger partial charge is 0.461 e. The Morgan fingerprint density at radius 3 is 0.877 bits per heavy atom. The second kappa shape index (κ2) is 15.5. The molecule has 16 nitrogen and oxygen atoms in total. The van der Waals surface area contributed by atoms with E-state index in [2.05, 4.69) is 70.5 Å². The SMILES string of the molecule is O=C(OCC(COC(=O)c1ccc2nc(S)oc2c1)(COC(=O)c1ccc2nc(S)oc2c1)COC(=O)c1ccc2nc(S)oc2c1)c1ccc2nc(S)oc2c1. The number of carbonyl (C=O) groups excluding carboxylic acids is 4. The van der Waals surface area contributed by atoms with Gasteiger partial charge in [-0.1, -0.05) is 50.5 Å². The second-order valence-electron chi connectivity index (χ2n) is 12.5. The lowest BCUT2D eigenvalue weighted by Crippen LogP contribution is -2.44. The monoisotopic (exact) mass is 844 g/mol. The third kappa shape index (κ3) is 8.29. The summed E-state index contributed by atoms with van der Waals surface area (Å²) in [5.41, 5.74) is 1.49. The average molecular weight is 845 g/mol. The van der Waals surface area contributed by atoms with Crippen molar-refractivity contribution in [3.05, 3.63) is 95.1 Å². The molecule has 20 heteroatoms. The zero-order valence-corrected chi connectivity index (χ0v) is 32.3. The van der Waals surface area contributed by atoms with Crippen molar-refractivity contribution in [1.82, 2.24) is 19.9 Å². The van der Waals surface area contributed by atoms with Gasteiger partial charge in [-0.05, 0) is 72.8 Å². The van der Waals surface area contributed by atoms with E-state index in [0.717, 1.165) is 0 Å². The van der Waals surface area contributed by atoms with E-state index in [-0.39, 0.29) is 65.5 Å². The van der Waals surface area contributed by atoms with Gasteiger partial charge >= 0.3 is 23.9 Å². The number of hydrogen-bond donors (Lipinski definition) is 4. The third-order valence-electron chi connectivity index (χ3n) is 8.49. The molecule has 0 bridgehead atoms. The predicted octanol–water partition coefficient (Wildman–Crippen LogP) is 7.12. The first-order chi connectivity index (χ1) is 27.4. The fourth-order valence-electron chi connectivity index (χ4n) is 5.62. The van der Waals surface area contributed by atoms with E-state index in [9.17, 15) is 19.2 Å². The fraction of sp³-hybridized carbons (Fsp3) is 0.135. The van der Waals surface area contributed by atoms with Crippen LogP contribution in [0.5, 0.6) is 0 Å². The van der Waals surface area contributed by atoms with Gasteiger partial charge in [0, 0.05) is 0 Å². The lowest BCUT2D eigenvalue weighted by molar-refractivity contribution is -0.0642. The highest BCUT2D eigenvalue weighted by Gasteiger charge is 2.39. The van der Waals surface area contributed by atoms with Crippen LogP contribution in [-0.2, 0) is 18.9 Å². The molecule has 0 amide bonds. The van der Waals surface area contributed by atoms with Crippen LogP contribution in [0, 0.1) is 5.41 Å². The van der Waals surface area contributed by atoms with Gasteiger partial charge in [-0.15, -0.1) is 0 Å². The molecule has 0 atom stereocenters. The Morgan fingerprint density at radius 1 is 0.421 bits per heavy atom. The molecular weight excluding hydrogens is 821 g/mol. The number of carbonyl (C=O) groups is 4. The van der Waals surface area contributed by atoms with Gasteiger partial charge in [-0.2, -0.15) is 0 Å². The van der Waals surface area contributed by atoms with E-state index >= 15 is 0 Å². The summed E-state index contributed by atoms with van der Waals surface area (Å²) in [6.07, 6.45) is 0. The quantitative estimate of drug-likeness (QED) is 0.0548. The smallest absolute Gasteiger partial charge is 0.338 e. The van der Waals surface area contributed by atoms with Crippen molar-refractivity contribution in [2.24, 2.45) is 5.41 Å². The molecule has 0 saturated heterocycles. The molecule has 0 fully saturated rings. The molecule has 8 aromatic rings. The zero-order valence-electron chi connectivity index (χ0n) is 28.7. The molecule has 4 aromatic heterocycles. The number of ether oxygens (including phenoxy) is 4. The van der Waals surface area contributed by atoms with Crippen molar-refractivity contribution in [2.75, 3.05) is 26.4 Å². The predicted molar refractivity (Wildman–Crippen MR) is 209 cm³/mol. The topological polar surface area (TPSA) is 209 Å². The molecule has 0 spiro atoms. The number of fused-ring (bicyclic) bond motifs is 4. The Morgan fingerprint density at radius 2 is 0.649 bits per heavy atom. The maximum atomic E-state index is 13.5. The minimum Gasteiger partial charge on any atom is -0.461 e. The zero-order chi connectivity index (χ0) is 39.8. The number of esters is 4. The Balaban J connectivity index is 1.10. The van der Waals surface area contributed by atoms with Crippen LogP contribution in [0.15, 0.2) is 111 Å². The summed E-state index contributed by atoms with van der Waals surface area (Å²) < 4.78 is 44.8. The second-order valence-corrected chi connectivity index (χ2v) is 14.1. The molecule has 0 N–H and O–H groups in total. The van der Waals surface area contributed by atoms with Crippen LogP contribution in [0.1, 0.15) is 41.4 Å². The highest BCUT2D eigenvalue weighted by Crippen LogP contribution is 2.28. The van der Waals surface area contributed by atoms with Gasteiger partial charge in [0.1, 0.15) is 53.9 Å². The van der Waals surface area contributed by atoms with Gasteiger partial charge in [0.25, 0.3) is 20.9 Å². The molecule has 4 aromatic carbocycles. The van der Waals surface area contributed by atoms with E-state index in [1.165, 1.54) is 48.5 Å². The van der Waals surface area contributed by atoms with E-state index in [1.54, 1.807) is 24.3 Å². The summed E-state index contributed by atoms with van der Waals surface area (Å²) in [5.74, 6) is -3.34. The molecule has 0 aliphatic rings. The highest BCUT2D eigenvalue weighted by atomic mass is 32.1. The number of nitrogens with zero attached hydrogens (tertiary/aromatic N) is 4. The molecule has 0 aliphatic heterocycles. The van der Waals surface area contributed by atoms with Crippen LogP contribution in [-0.4, -0.2) is 70.2 Å².